The number of hydrogen-bond acceptors (Lipinski definition) is 3. The lowest BCUT2D eigenvalue weighted by molar-refractivity contribution is -0.120. The molecule has 0 heterocycles. The number of carbonyl (C=O) groups excluding carboxylic acids is 1. The zero-order valence-corrected chi connectivity index (χ0v) is 12.5. The molecule has 0 aliphatic heterocycles. The smallest absolute Gasteiger partial charge is 0.298 e. The first-order valence-electron chi connectivity index (χ1n) is 5.97. The maximum absolute atomic E-state index is 9.95. The van der Waals surface area contributed by atoms with Gasteiger partial charge < -0.3 is 10.5 Å². The van der Waals surface area contributed by atoms with Crippen molar-refractivity contribution in [3.8, 4) is 5.75 Å². The summed E-state index contributed by atoms with van der Waals surface area (Å²) in [6.07, 6.45) is 0.954. The Hall–Kier alpha value is -1.71. The largest absolute Gasteiger partial charge is 0.429 e. The lowest BCUT2D eigenvalue weighted by Crippen LogP contribution is -1.89. The predicted molar refractivity (Wildman–Crippen MR) is 83.4 cm³/mol. The summed E-state index contributed by atoms with van der Waals surface area (Å²) in [4.78, 5) is 9.95. The van der Waals surface area contributed by atoms with Gasteiger partial charge in [-0.2, -0.15) is 0 Å². The van der Waals surface area contributed by atoms with E-state index in [2.05, 4.69) is 11.7 Å². The van der Waals surface area contributed by atoms with Gasteiger partial charge >= 0.3 is 0 Å². The van der Waals surface area contributed by atoms with Crippen molar-refractivity contribution in [3.63, 3.8) is 0 Å². The summed E-state index contributed by atoms with van der Waals surface area (Å²) in [5.74, 6) is 0.611. The molecule has 0 aromatic heterocycles. The first kappa shape index (κ1) is 16.3. The van der Waals surface area contributed by atoms with Crippen LogP contribution >= 0.6 is 23.2 Å². The van der Waals surface area contributed by atoms with Gasteiger partial charge in [-0.15, -0.1) is 0 Å². The molecule has 0 unspecified atom stereocenters. The molecule has 0 fully saturated rings. The molecule has 0 radical (unpaired) electrons. The molecule has 106 valence electrons. The molecule has 2 aromatic carbocycles. The van der Waals surface area contributed by atoms with E-state index in [-0.39, 0.29) is 0 Å². The van der Waals surface area contributed by atoms with Crippen LogP contribution in [0.25, 0.3) is 0 Å². The molecule has 0 saturated heterocycles. The molecule has 0 bridgehead atoms. The lowest BCUT2D eigenvalue weighted by Gasteiger charge is -1.99. The van der Waals surface area contributed by atoms with Gasteiger partial charge in [-0.05, 0) is 36.2 Å². The third kappa shape index (κ3) is 5.11. The molecule has 3 nitrogen and oxygen atoms in total. The van der Waals surface area contributed by atoms with Gasteiger partial charge in [-0.3, -0.25) is 4.79 Å². The number of halogens is 2. The van der Waals surface area contributed by atoms with Crippen LogP contribution in [0.4, 0.5) is 5.69 Å². The summed E-state index contributed by atoms with van der Waals surface area (Å²) in [5.41, 5.74) is 7.09. The van der Waals surface area contributed by atoms with Crippen molar-refractivity contribution in [1.29, 1.82) is 0 Å². The van der Waals surface area contributed by atoms with E-state index in [0.717, 1.165) is 6.42 Å². The van der Waals surface area contributed by atoms with Crippen molar-refractivity contribution in [2.24, 2.45) is 0 Å². The third-order valence-electron chi connectivity index (χ3n) is 2.47. The summed E-state index contributed by atoms with van der Waals surface area (Å²) in [6, 6.07) is 12.6. The fraction of sp³-hybridized carbons (Fsp3) is 0.133. The maximum Gasteiger partial charge on any atom is 0.298 e. The van der Waals surface area contributed by atoms with Crippen LogP contribution < -0.4 is 10.5 Å². The molecule has 5 heteroatoms. The van der Waals surface area contributed by atoms with Gasteiger partial charge in [0.25, 0.3) is 6.47 Å². The number of nitrogens with two attached hydrogens (primary N) is 1. The minimum Gasteiger partial charge on any atom is -0.429 e. The van der Waals surface area contributed by atoms with Crippen LogP contribution in [0.5, 0.6) is 5.75 Å². The summed E-state index contributed by atoms with van der Waals surface area (Å²) in [7, 11) is 0. The van der Waals surface area contributed by atoms with E-state index >= 15 is 0 Å². The second-order valence-electron chi connectivity index (χ2n) is 3.86. The van der Waals surface area contributed by atoms with Crippen LogP contribution in [0.3, 0.4) is 0 Å². The van der Waals surface area contributed by atoms with Gasteiger partial charge in [0.2, 0.25) is 0 Å². The van der Waals surface area contributed by atoms with Gasteiger partial charge in [0.15, 0.2) is 0 Å². The van der Waals surface area contributed by atoms with E-state index in [1.165, 1.54) is 5.56 Å². The van der Waals surface area contributed by atoms with E-state index in [9.17, 15) is 4.79 Å². The molecule has 20 heavy (non-hydrogen) atoms. The quantitative estimate of drug-likeness (QED) is 0.677. The Morgan fingerprint density at radius 1 is 1.20 bits per heavy atom. The van der Waals surface area contributed by atoms with Crippen molar-refractivity contribution in [1.82, 2.24) is 0 Å². The highest BCUT2D eigenvalue weighted by Crippen LogP contribution is 2.26. The number of anilines is 1. The third-order valence-corrected chi connectivity index (χ3v) is 3.31. The van der Waals surface area contributed by atoms with Crippen molar-refractivity contribution in [2.45, 2.75) is 13.3 Å². The molecule has 0 aliphatic carbocycles. The standard InChI is InChI=1S/C9H10O2.C6H5Cl2N/c1-2-8-4-3-5-9(6-8)11-7-10;7-4-2-1-3-5(9)6(4)8/h3-7H,2H2,1H3;1-3H,9H2. The monoisotopic (exact) mass is 311 g/mol. The van der Waals surface area contributed by atoms with E-state index in [1.807, 2.05) is 18.2 Å². The Labute approximate surface area is 128 Å². The summed E-state index contributed by atoms with van der Waals surface area (Å²) >= 11 is 11.2. The van der Waals surface area contributed by atoms with Crippen molar-refractivity contribution in [2.75, 3.05) is 5.73 Å². The van der Waals surface area contributed by atoms with Crippen LogP contribution in [-0.4, -0.2) is 6.47 Å². The van der Waals surface area contributed by atoms with Crippen LogP contribution in [0.15, 0.2) is 42.5 Å². The fourth-order valence-electron chi connectivity index (χ4n) is 1.41. The van der Waals surface area contributed by atoms with Gasteiger partial charge in [0.05, 0.1) is 15.7 Å². The topological polar surface area (TPSA) is 52.3 Å². The first-order valence-corrected chi connectivity index (χ1v) is 6.72. The molecule has 0 aliphatic rings. The van der Waals surface area contributed by atoms with E-state index < -0.39 is 0 Å². The van der Waals surface area contributed by atoms with Crippen molar-refractivity contribution >= 4 is 35.4 Å². The molecule has 0 atom stereocenters. The average molecular weight is 312 g/mol. The van der Waals surface area contributed by atoms with Crippen LogP contribution in [0.2, 0.25) is 10.0 Å². The predicted octanol–water partition coefficient (Wildman–Crippen LogP) is 4.36. The van der Waals surface area contributed by atoms with Gasteiger partial charge in [-0.1, -0.05) is 48.3 Å². The summed E-state index contributed by atoms with van der Waals surface area (Å²) < 4.78 is 4.67. The zero-order valence-electron chi connectivity index (χ0n) is 11.0. The van der Waals surface area contributed by atoms with Gasteiger partial charge in [0.1, 0.15) is 5.75 Å². The Balaban J connectivity index is 0.000000204. The van der Waals surface area contributed by atoms with Crippen molar-refractivity contribution in [3.05, 3.63) is 58.1 Å². The molecule has 2 rings (SSSR count). The number of benzene rings is 2. The second kappa shape index (κ2) is 8.46. The van der Waals surface area contributed by atoms with E-state index in [0.29, 0.717) is 28.0 Å². The Bertz CT molecular complexity index is 553. The number of rotatable bonds is 3. The first-order chi connectivity index (χ1) is 9.58. The second-order valence-corrected chi connectivity index (χ2v) is 4.64. The zero-order chi connectivity index (χ0) is 15.0. The van der Waals surface area contributed by atoms with Crippen LogP contribution in [0.1, 0.15) is 12.5 Å². The fourth-order valence-corrected chi connectivity index (χ4v) is 1.72. The minimum absolute atomic E-state index is 0.430. The Morgan fingerprint density at radius 3 is 2.45 bits per heavy atom. The molecular weight excluding hydrogens is 297 g/mol. The number of ether oxygens (including phenoxy) is 1. The summed E-state index contributed by atoms with van der Waals surface area (Å²) in [6.45, 7) is 2.49. The number of hydrogen-bond donors (Lipinski definition) is 1. The molecule has 2 N–H and O–H groups in total. The van der Waals surface area contributed by atoms with Crippen LogP contribution in [0, 0.1) is 0 Å². The highest BCUT2D eigenvalue weighted by atomic mass is 35.5. The van der Waals surface area contributed by atoms with E-state index in [1.54, 1.807) is 24.3 Å². The Morgan fingerprint density at radius 2 is 1.90 bits per heavy atom. The minimum atomic E-state index is 0.430. The summed E-state index contributed by atoms with van der Waals surface area (Å²) in [5, 5.41) is 0.927. The molecule has 0 amide bonds. The number of aryl methyl sites for hydroxylation is 1. The van der Waals surface area contributed by atoms with Gasteiger partial charge in [0, 0.05) is 0 Å². The van der Waals surface area contributed by atoms with Gasteiger partial charge in [-0.25, -0.2) is 0 Å². The molecule has 2 aromatic rings. The van der Waals surface area contributed by atoms with E-state index in [4.69, 9.17) is 28.9 Å². The molecular formula is C15H15Cl2NO2. The highest BCUT2D eigenvalue weighted by Gasteiger charge is 1.97. The van der Waals surface area contributed by atoms with Crippen LogP contribution in [-0.2, 0) is 11.2 Å². The molecule has 0 saturated carbocycles. The number of carbonyl (C=O) groups is 1. The lowest BCUT2D eigenvalue weighted by atomic mass is 10.2. The maximum atomic E-state index is 9.95. The highest BCUT2D eigenvalue weighted by molar-refractivity contribution is 6.43. The van der Waals surface area contributed by atoms with Crippen molar-refractivity contribution < 1.29 is 9.53 Å². The Kier molecular flexibility index (Phi) is 6.91. The average Bonchev–Trinajstić information content (AvgIpc) is 2.46. The number of nitrogen functional groups attached to an aromatic ring is 1. The normalized spacial score (nSPS) is 9.35. The molecule has 0 spiro atoms. The SMILES string of the molecule is CCc1cccc(OC=O)c1.Nc1cccc(Cl)c1Cl.